The van der Waals surface area contributed by atoms with Crippen LogP contribution in [0.3, 0.4) is 0 Å². The highest BCUT2D eigenvalue weighted by molar-refractivity contribution is 7.89. The van der Waals surface area contributed by atoms with E-state index in [0.717, 1.165) is 5.56 Å². The Kier molecular flexibility index (Phi) is 8.19. The average molecular weight is 399 g/mol. The van der Waals surface area contributed by atoms with Gasteiger partial charge in [-0.25, -0.2) is 8.42 Å². The number of carboxylic acids is 1. The second-order valence-electron chi connectivity index (χ2n) is 6.06. The fourth-order valence-electron chi connectivity index (χ4n) is 2.16. The van der Waals surface area contributed by atoms with Crippen molar-refractivity contribution >= 4 is 27.9 Å². The van der Waals surface area contributed by atoms with Crippen LogP contribution in [-0.2, 0) is 19.6 Å². The van der Waals surface area contributed by atoms with Gasteiger partial charge < -0.3 is 15.2 Å². The van der Waals surface area contributed by atoms with Gasteiger partial charge in [0.05, 0.1) is 29.5 Å². The number of hydrogen-bond acceptors (Lipinski definition) is 5. The Balaban J connectivity index is 2.68. The summed E-state index contributed by atoms with van der Waals surface area (Å²) in [5.74, 6) is -2.25. The van der Waals surface area contributed by atoms with Gasteiger partial charge in [0.25, 0.3) is 0 Å². The Labute approximate surface area is 158 Å². The summed E-state index contributed by atoms with van der Waals surface area (Å²) in [5.41, 5.74) is 11.3. The lowest BCUT2D eigenvalue weighted by Gasteiger charge is -2.22. The van der Waals surface area contributed by atoms with Crippen molar-refractivity contribution in [1.82, 2.24) is 10.0 Å². The first-order chi connectivity index (χ1) is 12.5. The summed E-state index contributed by atoms with van der Waals surface area (Å²) in [6.07, 6.45) is 0.409. The molecule has 0 radical (unpaired) electrons. The molecule has 0 aliphatic rings. The summed E-state index contributed by atoms with van der Waals surface area (Å²) in [6.45, 7) is 3.45. The van der Waals surface area contributed by atoms with E-state index in [-0.39, 0.29) is 17.3 Å². The van der Waals surface area contributed by atoms with Crippen LogP contribution >= 0.6 is 0 Å². The molecule has 1 rings (SSSR count). The van der Waals surface area contributed by atoms with Gasteiger partial charge in [0.15, 0.2) is 0 Å². The normalized spacial score (nSPS) is 13.4. The molecule has 0 spiro atoms. The molecule has 0 aromatic heterocycles. The van der Waals surface area contributed by atoms with Crippen LogP contribution in [0.5, 0.6) is 0 Å². The van der Waals surface area contributed by atoms with Gasteiger partial charge in [0, 0.05) is 0 Å². The molecule has 11 heteroatoms. The van der Waals surface area contributed by atoms with E-state index in [4.69, 9.17) is 11.5 Å². The molecule has 27 heavy (non-hydrogen) atoms. The van der Waals surface area contributed by atoms with Crippen molar-refractivity contribution in [1.29, 1.82) is 0 Å². The summed E-state index contributed by atoms with van der Waals surface area (Å²) < 4.78 is 26.8. The lowest BCUT2D eigenvalue weighted by Crippen LogP contribution is -2.78. The number of nitrogens with two attached hydrogens (primary N) is 2. The number of carbonyl (C=O) groups is 2. The van der Waals surface area contributed by atoms with Gasteiger partial charge in [-0.3, -0.25) is 21.3 Å². The van der Waals surface area contributed by atoms with Crippen molar-refractivity contribution in [2.75, 3.05) is 6.54 Å². The monoisotopic (exact) mass is 399 g/mol. The Morgan fingerprint density at radius 2 is 1.81 bits per heavy atom. The van der Waals surface area contributed by atoms with Crippen LogP contribution in [-0.4, -0.2) is 44.9 Å². The van der Waals surface area contributed by atoms with Crippen molar-refractivity contribution in [3.05, 3.63) is 29.8 Å². The number of hydrogen-bond donors (Lipinski definition) is 5. The quantitative estimate of drug-likeness (QED) is 0.151. The minimum absolute atomic E-state index is 0.00294. The Bertz CT molecular complexity index is 788. The zero-order chi connectivity index (χ0) is 20.6. The third-order valence-corrected chi connectivity index (χ3v) is 5.21. The van der Waals surface area contributed by atoms with Gasteiger partial charge in [-0.1, -0.05) is 17.7 Å². The number of carbonyl (C=O) groups excluding carboxylic acids is 2. The molecule has 150 valence electrons. The molecular formula is C16H25N5O5S. The van der Waals surface area contributed by atoms with Crippen LogP contribution in [0.1, 0.15) is 25.3 Å². The first-order valence-corrected chi connectivity index (χ1v) is 9.73. The van der Waals surface area contributed by atoms with Crippen LogP contribution in [0.25, 0.3) is 0 Å². The fraction of sp³-hybridized carbons (Fsp3) is 0.438. The van der Waals surface area contributed by atoms with Crippen molar-refractivity contribution in [2.24, 2.45) is 11.5 Å². The summed E-state index contributed by atoms with van der Waals surface area (Å²) in [4.78, 5) is 26.0. The zero-order valence-corrected chi connectivity index (χ0v) is 16.0. The molecule has 1 aromatic carbocycles. The number of aryl methyl sites for hydroxylation is 1. The van der Waals surface area contributed by atoms with E-state index < -0.39 is 34.0 Å². The van der Waals surface area contributed by atoms with Crippen molar-refractivity contribution < 1.29 is 28.1 Å². The molecule has 0 fully saturated rings. The van der Waals surface area contributed by atoms with Crippen molar-refractivity contribution in [3.8, 4) is 0 Å². The number of amides is 1. The number of nitrogens with one attached hydrogen (secondary N) is 3. The highest BCUT2D eigenvalue weighted by Crippen LogP contribution is 2.10. The molecule has 0 bridgehead atoms. The molecule has 10 nitrogen and oxygen atoms in total. The minimum atomic E-state index is -3.92. The van der Waals surface area contributed by atoms with E-state index >= 15 is 0 Å². The van der Waals surface area contributed by atoms with Crippen LogP contribution in [0.2, 0.25) is 0 Å². The first kappa shape index (κ1) is 22.4. The van der Waals surface area contributed by atoms with Gasteiger partial charge in [0.2, 0.25) is 15.9 Å². The number of guanidine groups is 1. The Morgan fingerprint density at radius 1 is 1.22 bits per heavy atom. The average Bonchev–Trinajstić information content (AvgIpc) is 2.56. The number of sulfonamides is 1. The topological polar surface area (TPSA) is 181 Å². The maximum atomic E-state index is 12.3. The van der Waals surface area contributed by atoms with Crippen LogP contribution in [0.4, 0.5) is 0 Å². The van der Waals surface area contributed by atoms with Crippen LogP contribution in [0, 0.1) is 6.92 Å². The van der Waals surface area contributed by atoms with Crippen molar-refractivity contribution in [3.63, 3.8) is 0 Å². The molecule has 0 unspecified atom stereocenters. The van der Waals surface area contributed by atoms with Gasteiger partial charge >= 0.3 is 5.96 Å². The van der Waals surface area contributed by atoms with Gasteiger partial charge in [-0.05, 0) is 38.8 Å². The fourth-order valence-corrected chi connectivity index (χ4v) is 3.36. The molecule has 0 aliphatic carbocycles. The van der Waals surface area contributed by atoms with Crippen molar-refractivity contribution in [2.45, 2.75) is 43.7 Å². The largest absolute Gasteiger partial charge is 0.548 e. The van der Waals surface area contributed by atoms with E-state index in [0.29, 0.717) is 13.0 Å². The van der Waals surface area contributed by atoms with Gasteiger partial charge in [-0.2, -0.15) is 4.72 Å². The molecular weight excluding hydrogens is 374 g/mol. The summed E-state index contributed by atoms with van der Waals surface area (Å²) in [7, 11) is -3.92. The van der Waals surface area contributed by atoms with Gasteiger partial charge in [-0.15, -0.1) is 0 Å². The molecule has 1 amide bonds. The SMILES string of the molecule is Cc1ccc(S(=O)(=O)N[C@@H](C)C(=O)N[C@@H](CCC[NH+]=C(N)N)C(=O)[O-])cc1. The molecule has 0 saturated heterocycles. The lowest BCUT2D eigenvalue weighted by atomic mass is 10.1. The number of aliphatic carboxylic acids is 1. The first-order valence-electron chi connectivity index (χ1n) is 8.25. The molecule has 2 atom stereocenters. The standard InChI is InChI=1S/C16H25N5O5S/c1-10-5-7-12(8-6-10)27(25,26)21-11(2)14(22)20-13(15(23)24)4-3-9-19-16(17)18/h5-8,11,13,21H,3-4,9H2,1-2H3,(H,20,22)(H,23,24)(H4,17,18,19)/t11-,13-/m0/s1. The zero-order valence-electron chi connectivity index (χ0n) is 15.2. The maximum Gasteiger partial charge on any atom is 0.338 e. The van der Waals surface area contributed by atoms with E-state index in [2.05, 4.69) is 15.0 Å². The molecule has 0 heterocycles. The summed E-state index contributed by atoms with van der Waals surface area (Å²) in [6, 6.07) is 3.64. The summed E-state index contributed by atoms with van der Waals surface area (Å²) >= 11 is 0. The summed E-state index contributed by atoms with van der Waals surface area (Å²) in [5, 5.41) is 13.4. The predicted molar refractivity (Wildman–Crippen MR) is 96.3 cm³/mol. The van der Waals surface area contributed by atoms with E-state index in [1.807, 2.05) is 6.92 Å². The lowest BCUT2D eigenvalue weighted by molar-refractivity contribution is -0.459. The Hall–Kier alpha value is -2.66. The highest BCUT2D eigenvalue weighted by Gasteiger charge is 2.24. The second-order valence-corrected chi connectivity index (χ2v) is 7.77. The minimum Gasteiger partial charge on any atom is -0.548 e. The van der Waals surface area contributed by atoms with E-state index in [1.165, 1.54) is 19.1 Å². The van der Waals surface area contributed by atoms with Crippen LogP contribution in [0.15, 0.2) is 29.2 Å². The number of rotatable bonds is 10. The molecule has 7 N–H and O–H groups in total. The smallest absolute Gasteiger partial charge is 0.338 e. The van der Waals surface area contributed by atoms with Crippen LogP contribution < -0.4 is 31.6 Å². The van der Waals surface area contributed by atoms with E-state index in [1.54, 1.807) is 12.1 Å². The molecule has 0 aliphatic heterocycles. The van der Waals surface area contributed by atoms with Gasteiger partial charge in [0.1, 0.15) is 0 Å². The van der Waals surface area contributed by atoms with E-state index in [9.17, 15) is 23.1 Å². The highest BCUT2D eigenvalue weighted by atomic mass is 32.2. The number of carboxylic acid groups (broad SMARTS) is 1. The molecule has 0 saturated carbocycles. The third-order valence-electron chi connectivity index (χ3n) is 3.66. The number of benzene rings is 1. The maximum absolute atomic E-state index is 12.3. The predicted octanol–water partition coefficient (Wildman–Crippen LogP) is -3.97. The Morgan fingerprint density at radius 3 is 2.33 bits per heavy atom. The third kappa shape index (κ3) is 7.62. The second kappa shape index (κ2) is 9.88. The molecule has 1 aromatic rings.